The lowest BCUT2D eigenvalue weighted by atomic mass is 10.1. The number of aryl methyl sites for hydroxylation is 1. The molecule has 1 fully saturated rings. The Labute approximate surface area is 176 Å². The minimum Gasteiger partial charge on any atom is -0.480 e. The summed E-state index contributed by atoms with van der Waals surface area (Å²) >= 11 is 0. The third kappa shape index (κ3) is 3.98. The van der Waals surface area contributed by atoms with E-state index in [2.05, 4.69) is 20.0 Å². The van der Waals surface area contributed by atoms with Gasteiger partial charge in [0.1, 0.15) is 0 Å². The van der Waals surface area contributed by atoms with E-state index in [0.717, 1.165) is 41.5 Å². The lowest BCUT2D eigenvalue weighted by Gasteiger charge is -2.35. The average Bonchev–Trinajstić information content (AvgIpc) is 3.08. The molecule has 1 aliphatic rings. The Morgan fingerprint density at radius 2 is 1.80 bits per heavy atom. The Hall–Kier alpha value is -3.42. The number of ether oxygens (including phenoxy) is 1. The van der Waals surface area contributed by atoms with Crippen molar-refractivity contribution in [3.05, 3.63) is 59.7 Å². The largest absolute Gasteiger partial charge is 0.480 e. The second kappa shape index (κ2) is 8.52. The first-order valence-electron chi connectivity index (χ1n) is 10.1. The summed E-state index contributed by atoms with van der Waals surface area (Å²) in [4.78, 5) is 25.6. The Balaban J connectivity index is 1.41. The van der Waals surface area contributed by atoms with Crippen LogP contribution in [0.15, 0.2) is 42.7 Å². The van der Waals surface area contributed by atoms with E-state index in [1.54, 1.807) is 19.5 Å². The summed E-state index contributed by atoms with van der Waals surface area (Å²) in [6, 6.07) is 10.00. The summed E-state index contributed by atoms with van der Waals surface area (Å²) in [7, 11) is 1.58. The Morgan fingerprint density at radius 3 is 2.50 bits per heavy atom. The van der Waals surface area contributed by atoms with Crippen LogP contribution in [0.25, 0.3) is 5.69 Å². The summed E-state index contributed by atoms with van der Waals surface area (Å²) in [6.07, 6.45) is 3.68. The fourth-order valence-corrected chi connectivity index (χ4v) is 3.79. The summed E-state index contributed by atoms with van der Waals surface area (Å²) in [5, 5.41) is 4.66. The fourth-order valence-electron chi connectivity index (χ4n) is 3.79. The average molecular weight is 406 g/mol. The highest BCUT2D eigenvalue weighted by atomic mass is 16.5. The first-order valence-corrected chi connectivity index (χ1v) is 10.1. The van der Waals surface area contributed by atoms with Gasteiger partial charge in [-0.1, -0.05) is 18.2 Å². The molecule has 1 aromatic carbocycles. The molecule has 1 aliphatic heterocycles. The van der Waals surface area contributed by atoms with Gasteiger partial charge in [0.25, 0.3) is 0 Å². The van der Waals surface area contributed by atoms with E-state index in [9.17, 15) is 4.79 Å². The lowest BCUT2D eigenvalue weighted by molar-refractivity contribution is -0.130. The maximum atomic E-state index is 13.0. The molecule has 0 aliphatic carbocycles. The standard InChI is InChI=1S/C22H26N6O2/c1-16-19(17(2)28(25-16)18-7-5-4-6-8-18)13-22(29)27-11-9-26(10-12-27)20-14-23-15-21(24-20)30-3/h4-8,14-15H,9-13H2,1-3H3. The number of nitrogens with zero attached hydrogens (tertiary/aromatic N) is 6. The molecule has 30 heavy (non-hydrogen) atoms. The number of hydrogen-bond donors (Lipinski definition) is 0. The Bertz CT molecular complexity index is 1030. The van der Waals surface area contributed by atoms with E-state index in [0.29, 0.717) is 25.4 Å². The number of piperazine rings is 1. The van der Waals surface area contributed by atoms with E-state index in [1.807, 2.05) is 53.8 Å². The van der Waals surface area contributed by atoms with Gasteiger partial charge in [0, 0.05) is 37.4 Å². The maximum Gasteiger partial charge on any atom is 0.233 e. The zero-order valence-electron chi connectivity index (χ0n) is 17.6. The third-order valence-corrected chi connectivity index (χ3v) is 5.54. The zero-order valence-corrected chi connectivity index (χ0v) is 17.6. The van der Waals surface area contributed by atoms with E-state index < -0.39 is 0 Å². The van der Waals surface area contributed by atoms with Crippen LogP contribution in [0.2, 0.25) is 0 Å². The van der Waals surface area contributed by atoms with Gasteiger partial charge in [-0.3, -0.25) is 9.78 Å². The number of benzene rings is 1. The van der Waals surface area contributed by atoms with Gasteiger partial charge in [-0.15, -0.1) is 0 Å². The van der Waals surface area contributed by atoms with Gasteiger partial charge in [-0.2, -0.15) is 10.1 Å². The van der Waals surface area contributed by atoms with Crippen molar-refractivity contribution in [3.8, 4) is 11.6 Å². The highest BCUT2D eigenvalue weighted by molar-refractivity contribution is 5.79. The zero-order chi connectivity index (χ0) is 21.1. The van der Waals surface area contributed by atoms with Crippen LogP contribution >= 0.6 is 0 Å². The van der Waals surface area contributed by atoms with Gasteiger partial charge in [-0.25, -0.2) is 4.68 Å². The molecule has 0 unspecified atom stereocenters. The lowest BCUT2D eigenvalue weighted by Crippen LogP contribution is -2.49. The van der Waals surface area contributed by atoms with Crippen LogP contribution in [0.1, 0.15) is 17.0 Å². The number of carbonyl (C=O) groups excluding carboxylic acids is 1. The highest BCUT2D eigenvalue weighted by Gasteiger charge is 2.24. The van der Waals surface area contributed by atoms with Crippen molar-refractivity contribution in [2.45, 2.75) is 20.3 Å². The summed E-state index contributed by atoms with van der Waals surface area (Å²) < 4.78 is 7.07. The fraction of sp³-hybridized carbons (Fsp3) is 0.364. The monoisotopic (exact) mass is 406 g/mol. The minimum atomic E-state index is 0.130. The van der Waals surface area contributed by atoms with Crippen LogP contribution in [0.5, 0.6) is 5.88 Å². The van der Waals surface area contributed by atoms with Gasteiger partial charge >= 0.3 is 0 Å². The van der Waals surface area contributed by atoms with Gasteiger partial charge in [0.2, 0.25) is 11.8 Å². The molecule has 0 N–H and O–H groups in total. The van der Waals surface area contributed by atoms with Gasteiger partial charge < -0.3 is 14.5 Å². The number of rotatable bonds is 5. The molecule has 1 saturated heterocycles. The van der Waals surface area contributed by atoms with E-state index in [1.165, 1.54) is 0 Å². The molecule has 4 rings (SSSR count). The number of methoxy groups -OCH3 is 1. The predicted molar refractivity (Wildman–Crippen MR) is 114 cm³/mol. The SMILES string of the molecule is COc1cncc(N2CCN(C(=O)Cc3c(C)nn(-c4ccccc4)c3C)CC2)n1. The third-order valence-electron chi connectivity index (χ3n) is 5.54. The number of para-hydroxylation sites is 1. The first-order chi connectivity index (χ1) is 14.6. The molecule has 156 valence electrons. The summed E-state index contributed by atoms with van der Waals surface area (Å²) in [6.45, 7) is 6.73. The molecule has 2 aromatic heterocycles. The van der Waals surface area contributed by atoms with Crippen molar-refractivity contribution in [2.75, 3.05) is 38.2 Å². The van der Waals surface area contributed by atoms with Crippen molar-refractivity contribution in [1.29, 1.82) is 0 Å². The van der Waals surface area contributed by atoms with Crippen molar-refractivity contribution >= 4 is 11.7 Å². The molecular weight excluding hydrogens is 380 g/mol. The summed E-state index contributed by atoms with van der Waals surface area (Å²) in [5.74, 6) is 1.40. The quantitative estimate of drug-likeness (QED) is 0.646. The second-order valence-corrected chi connectivity index (χ2v) is 7.36. The topological polar surface area (TPSA) is 76.4 Å². The minimum absolute atomic E-state index is 0.130. The molecular formula is C22H26N6O2. The Kier molecular flexibility index (Phi) is 5.65. The van der Waals surface area contributed by atoms with Crippen molar-refractivity contribution in [2.24, 2.45) is 0 Å². The number of aromatic nitrogens is 4. The van der Waals surface area contributed by atoms with Gasteiger partial charge in [-0.05, 0) is 26.0 Å². The number of anilines is 1. The molecule has 0 spiro atoms. The van der Waals surface area contributed by atoms with Crippen LogP contribution in [0.4, 0.5) is 5.82 Å². The molecule has 3 heterocycles. The molecule has 0 saturated carbocycles. The maximum absolute atomic E-state index is 13.0. The molecule has 0 bridgehead atoms. The van der Waals surface area contributed by atoms with E-state index >= 15 is 0 Å². The van der Waals surface area contributed by atoms with Gasteiger partial charge in [0.15, 0.2) is 5.82 Å². The molecule has 0 atom stereocenters. The van der Waals surface area contributed by atoms with Crippen molar-refractivity contribution < 1.29 is 9.53 Å². The molecule has 8 heteroatoms. The molecule has 8 nitrogen and oxygen atoms in total. The van der Waals surface area contributed by atoms with Crippen molar-refractivity contribution in [1.82, 2.24) is 24.6 Å². The smallest absolute Gasteiger partial charge is 0.233 e. The van der Waals surface area contributed by atoms with Crippen LogP contribution in [0, 0.1) is 13.8 Å². The number of hydrogen-bond acceptors (Lipinski definition) is 6. The molecule has 0 radical (unpaired) electrons. The van der Waals surface area contributed by atoms with Gasteiger partial charge in [0.05, 0.1) is 37.3 Å². The highest BCUT2D eigenvalue weighted by Crippen LogP contribution is 2.20. The molecule has 1 amide bonds. The van der Waals surface area contributed by atoms with E-state index in [4.69, 9.17) is 4.74 Å². The normalized spacial score (nSPS) is 14.1. The number of amides is 1. The first kappa shape index (κ1) is 19.9. The second-order valence-electron chi connectivity index (χ2n) is 7.36. The Morgan fingerprint density at radius 1 is 1.07 bits per heavy atom. The van der Waals surface area contributed by atoms with Crippen LogP contribution in [-0.4, -0.2) is 63.8 Å². The molecule has 3 aromatic rings. The van der Waals surface area contributed by atoms with Crippen LogP contribution in [0.3, 0.4) is 0 Å². The van der Waals surface area contributed by atoms with Crippen LogP contribution in [-0.2, 0) is 11.2 Å². The van der Waals surface area contributed by atoms with E-state index in [-0.39, 0.29) is 5.91 Å². The predicted octanol–water partition coefficient (Wildman–Crippen LogP) is 2.18. The summed E-state index contributed by atoms with van der Waals surface area (Å²) in [5.41, 5.74) is 3.92. The van der Waals surface area contributed by atoms with Crippen molar-refractivity contribution in [3.63, 3.8) is 0 Å². The number of carbonyl (C=O) groups is 1. The van der Waals surface area contributed by atoms with Crippen LogP contribution < -0.4 is 9.64 Å².